The van der Waals surface area contributed by atoms with E-state index in [-0.39, 0.29) is 11.9 Å². The maximum absolute atomic E-state index is 11.4. The Kier molecular flexibility index (Phi) is 3.50. The molecule has 0 spiro atoms. The lowest BCUT2D eigenvalue weighted by atomic mass is 10.1. The smallest absolute Gasteiger partial charge is 0.234 e. The van der Waals surface area contributed by atoms with Crippen LogP contribution < -0.4 is 5.32 Å². The van der Waals surface area contributed by atoms with E-state index in [4.69, 9.17) is 0 Å². The van der Waals surface area contributed by atoms with Gasteiger partial charge in [0.2, 0.25) is 5.91 Å². The molecular weight excluding hydrogens is 180 g/mol. The summed E-state index contributed by atoms with van der Waals surface area (Å²) in [6, 6.07) is 0.186. The Hall–Kier alpha value is -0.610. The first-order valence-electron chi connectivity index (χ1n) is 5.13. The average Bonchev–Trinajstić information content (AvgIpc) is 2.27. The normalized spacial score (nSPS) is 28.4. The number of amides is 1. The number of β-amino-alcohol motifs (C(OH)–C–C–N with tert-alkyl or cyclic N) is 1. The minimum Gasteiger partial charge on any atom is -0.389 e. The zero-order valence-electron chi connectivity index (χ0n) is 9.21. The van der Waals surface area contributed by atoms with Crippen LogP contribution in [0.5, 0.6) is 0 Å². The molecule has 0 aliphatic carbocycles. The molecule has 0 saturated carbocycles. The third-order valence-electron chi connectivity index (χ3n) is 2.35. The fourth-order valence-electron chi connectivity index (χ4n) is 1.74. The lowest BCUT2D eigenvalue weighted by Crippen LogP contribution is -2.40. The fourth-order valence-corrected chi connectivity index (χ4v) is 1.74. The van der Waals surface area contributed by atoms with Crippen molar-refractivity contribution in [1.29, 1.82) is 0 Å². The number of carbonyl (C=O) groups is 1. The molecule has 0 aromatic heterocycles. The summed E-state index contributed by atoms with van der Waals surface area (Å²) in [5, 5.41) is 12.5. The number of rotatable bonds is 3. The Labute approximate surface area is 85.3 Å². The van der Waals surface area contributed by atoms with Crippen LogP contribution in [0.1, 0.15) is 27.2 Å². The molecule has 14 heavy (non-hydrogen) atoms. The van der Waals surface area contributed by atoms with E-state index in [2.05, 4.69) is 5.32 Å². The number of hydrogen-bond acceptors (Lipinski definition) is 3. The number of hydrogen-bond donors (Lipinski definition) is 2. The Balaban J connectivity index is 2.29. The van der Waals surface area contributed by atoms with Crippen LogP contribution in [0.4, 0.5) is 0 Å². The molecule has 1 saturated heterocycles. The molecule has 2 N–H and O–H groups in total. The van der Waals surface area contributed by atoms with Crippen molar-refractivity contribution in [2.45, 2.75) is 38.8 Å². The summed E-state index contributed by atoms with van der Waals surface area (Å²) in [4.78, 5) is 13.4. The number of aliphatic hydroxyl groups is 1. The second-order valence-corrected chi connectivity index (χ2v) is 4.68. The molecule has 1 heterocycles. The summed E-state index contributed by atoms with van der Waals surface area (Å²) < 4.78 is 0. The molecule has 1 aliphatic heterocycles. The summed E-state index contributed by atoms with van der Waals surface area (Å²) in [6.07, 6.45) is 0.752. The predicted molar refractivity (Wildman–Crippen MR) is 55.0 cm³/mol. The van der Waals surface area contributed by atoms with Crippen LogP contribution in [-0.2, 0) is 4.79 Å². The summed E-state index contributed by atoms with van der Waals surface area (Å²) in [5.74, 6) is 0.0395. The number of nitrogens with zero attached hydrogens (tertiary/aromatic N) is 1. The van der Waals surface area contributed by atoms with Gasteiger partial charge in [-0.3, -0.25) is 9.69 Å². The molecule has 1 amide bonds. The molecule has 1 unspecified atom stereocenters. The second-order valence-electron chi connectivity index (χ2n) is 4.68. The molecule has 0 aromatic carbocycles. The van der Waals surface area contributed by atoms with Gasteiger partial charge in [-0.2, -0.15) is 0 Å². The Morgan fingerprint density at radius 2 is 2.29 bits per heavy atom. The van der Waals surface area contributed by atoms with E-state index in [1.54, 1.807) is 0 Å². The van der Waals surface area contributed by atoms with E-state index in [0.717, 1.165) is 13.0 Å². The standard InChI is InChI=1S/C10H20N2O2/c1-8(2)11-9(13)6-12-5-4-10(3,14)7-12/h8,14H,4-7H2,1-3H3,(H,11,13). The highest BCUT2D eigenvalue weighted by Gasteiger charge is 2.31. The van der Waals surface area contributed by atoms with Gasteiger partial charge < -0.3 is 10.4 Å². The van der Waals surface area contributed by atoms with Crippen molar-refractivity contribution < 1.29 is 9.90 Å². The van der Waals surface area contributed by atoms with Gasteiger partial charge in [-0.1, -0.05) is 0 Å². The van der Waals surface area contributed by atoms with Crippen molar-refractivity contribution in [3.8, 4) is 0 Å². The van der Waals surface area contributed by atoms with Crippen LogP contribution in [0, 0.1) is 0 Å². The molecule has 82 valence electrons. The topological polar surface area (TPSA) is 52.6 Å². The number of carbonyl (C=O) groups excluding carboxylic acids is 1. The lowest BCUT2D eigenvalue weighted by molar-refractivity contribution is -0.122. The van der Waals surface area contributed by atoms with Crippen molar-refractivity contribution in [2.24, 2.45) is 0 Å². The molecule has 4 nitrogen and oxygen atoms in total. The van der Waals surface area contributed by atoms with Crippen LogP contribution in [0.25, 0.3) is 0 Å². The molecular formula is C10H20N2O2. The van der Waals surface area contributed by atoms with Gasteiger partial charge in [0, 0.05) is 19.1 Å². The molecule has 4 heteroatoms. The SMILES string of the molecule is CC(C)NC(=O)CN1CCC(C)(O)C1. The van der Waals surface area contributed by atoms with Crippen LogP contribution in [0.15, 0.2) is 0 Å². The third-order valence-corrected chi connectivity index (χ3v) is 2.35. The predicted octanol–water partition coefficient (Wildman–Crippen LogP) is -0.0323. The minimum atomic E-state index is -0.613. The molecule has 1 atom stereocenters. The fraction of sp³-hybridized carbons (Fsp3) is 0.900. The van der Waals surface area contributed by atoms with E-state index in [0.29, 0.717) is 13.1 Å². The van der Waals surface area contributed by atoms with Gasteiger partial charge >= 0.3 is 0 Å². The molecule has 1 aliphatic rings. The van der Waals surface area contributed by atoms with E-state index in [9.17, 15) is 9.90 Å². The first-order valence-corrected chi connectivity index (χ1v) is 5.13. The zero-order valence-corrected chi connectivity index (χ0v) is 9.21. The monoisotopic (exact) mass is 200 g/mol. The van der Waals surface area contributed by atoms with Crippen molar-refractivity contribution in [3.05, 3.63) is 0 Å². The van der Waals surface area contributed by atoms with E-state index in [1.807, 2.05) is 25.7 Å². The van der Waals surface area contributed by atoms with Gasteiger partial charge in [0.05, 0.1) is 12.1 Å². The number of likely N-dealkylation sites (tertiary alicyclic amines) is 1. The maximum atomic E-state index is 11.4. The van der Waals surface area contributed by atoms with Crippen LogP contribution in [0.2, 0.25) is 0 Å². The van der Waals surface area contributed by atoms with Crippen LogP contribution >= 0.6 is 0 Å². The number of nitrogens with one attached hydrogen (secondary N) is 1. The third kappa shape index (κ3) is 3.64. The van der Waals surface area contributed by atoms with E-state index >= 15 is 0 Å². The van der Waals surface area contributed by atoms with E-state index < -0.39 is 5.60 Å². The zero-order chi connectivity index (χ0) is 10.8. The molecule has 0 bridgehead atoms. The Morgan fingerprint density at radius 1 is 1.64 bits per heavy atom. The van der Waals surface area contributed by atoms with Crippen molar-refractivity contribution in [1.82, 2.24) is 10.2 Å². The molecule has 0 radical (unpaired) electrons. The summed E-state index contributed by atoms with van der Waals surface area (Å²) in [6.45, 7) is 7.49. The average molecular weight is 200 g/mol. The first kappa shape index (κ1) is 11.5. The molecule has 0 aromatic rings. The lowest BCUT2D eigenvalue weighted by Gasteiger charge is -2.18. The van der Waals surface area contributed by atoms with Crippen molar-refractivity contribution in [3.63, 3.8) is 0 Å². The highest BCUT2D eigenvalue weighted by atomic mass is 16.3. The molecule has 1 rings (SSSR count). The van der Waals surface area contributed by atoms with Gasteiger partial charge in [0.15, 0.2) is 0 Å². The summed E-state index contributed by atoms with van der Waals surface area (Å²) in [7, 11) is 0. The van der Waals surface area contributed by atoms with Gasteiger partial charge in [0.1, 0.15) is 0 Å². The van der Waals surface area contributed by atoms with Gasteiger partial charge in [-0.25, -0.2) is 0 Å². The maximum Gasteiger partial charge on any atom is 0.234 e. The van der Waals surface area contributed by atoms with Gasteiger partial charge in [0.25, 0.3) is 0 Å². The second kappa shape index (κ2) is 4.28. The van der Waals surface area contributed by atoms with Crippen LogP contribution in [0.3, 0.4) is 0 Å². The largest absolute Gasteiger partial charge is 0.389 e. The van der Waals surface area contributed by atoms with E-state index in [1.165, 1.54) is 0 Å². The van der Waals surface area contributed by atoms with Crippen molar-refractivity contribution >= 4 is 5.91 Å². The van der Waals surface area contributed by atoms with Crippen molar-refractivity contribution in [2.75, 3.05) is 19.6 Å². The quantitative estimate of drug-likeness (QED) is 0.672. The summed E-state index contributed by atoms with van der Waals surface area (Å²) in [5.41, 5.74) is -0.613. The Morgan fingerprint density at radius 3 is 2.71 bits per heavy atom. The Bertz CT molecular complexity index is 214. The van der Waals surface area contributed by atoms with Gasteiger partial charge in [-0.15, -0.1) is 0 Å². The highest BCUT2D eigenvalue weighted by Crippen LogP contribution is 2.19. The van der Waals surface area contributed by atoms with Crippen LogP contribution in [-0.4, -0.2) is 47.2 Å². The minimum absolute atomic E-state index is 0.0395. The first-order chi connectivity index (χ1) is 6.39. The summed E-state index contributed by atoms with van der Waals surface area (Å²) >= 11 is 0. The van der Waals surface area contributed by atoms with Gasteiger partial charge in [-0.05, 0) is 27.2 Å². The molecule has 1 fully saturated rings. The highest BCUT2D eigenvalue weighted by molar-refractivity contribution is 5.78.